The van der Waals surface area contributed by atoms with Gasteiger partial charge in [0.15, 0.2) is 0 Å². The Morgan fingerprint density at radius 1 is 1.25 bits per heavy atom. The van der Waals surface area contributed by atoms with Gasteiger partial charge in [-0.1, -0.05) is 39.0 Å². The molecular formula is C18H29NO. The number of hydrogen-bond acceptors (Lipinski definition) is 2. The summed E-state index contributed by atoms with van der Waals surface area (Å²) in [6.07, 6.45) is 5.27. The summed E-state index contributed by atoms with van der Waals surface area (Å²) in [4.78, 5) is 0. The van der Waals surface area contributed by atoms with E-state index in [1.807, 2.05) is 0 Å². The van der Waals surface area contributed by atoms with Crippen LogP contribution in [0.1, 0.15) is 65.0 Å². The fraction of sp³-hybridized carbons (Fsp3) is 0.667. The number of nitrogens with one attached hydrogen (secondary N) is 1. The largest absolute Gasteiger partial charge is 0.490 e. The first-order valence-corrected chi connectivity index (χ1v) is 8.01. The number of benzene rings is 1. The van der Waals surface area contributed by atoms with Gasteiger partial charge in [-0.05, 0) is 50.6 Å². The molecule has 1 aliphatic rings. The third-order valence-corrected chi connectivity index (χ3v) is 4.48. The Morgan fingerprint density at radius 2 is 1.90 bits per heavy atom. The Bertz CT molecular complexity index is 417. The van der Waals surface area contributed by atoms with E-state index in [0.29, 0.717) is 17.6 Å². The van der Waals surface area contributed by atoms with Gasteiger partial charge >= 0.3 is 0 Å². The first-order valence-electron chi connectivity index (χ1n) is 8.01. The average Bonchev–Trinajstić information content (AvgIpc) is 2.42. The van der Waals surface area contributed by atoms with Gasteiger partial charge in [-0.25, -0.2) is 0 Å². The maximum Gasteiger partial charge on any atom is 0.124 e. The minimum atomic E-state index is 0.344. The van der Waals surface area contributed by atoms with Crippen LogP contribution in [0.25, 0.3) is 0 Å². The lowest BCUT2D eigenvalue weighted by Crippen LogP contribution is -2.29. The molecule has 0 heterocycles. The van der Waals surface area contributed by atoms with Crippen molar-refractivity contribution in [1.82, 2.24) is 5.32 Å². The Morgan fingerprint density at radius 3 is 2.55 bits per heavy atom. The van der Waals surface area contributed by atoms with Gasteiger partial charge in [0.25, 0.3) is 0 Å². The highest BCUT2D eigenvalue weighted by Crippen LogP contribution is 2.37. The highest BCUT2D eigenvalue weighted by atomic mass is 16.5. The summed E-state index contributed by atoms with van der Waals surface area (Å²) in [7, 11) is 0. The summed E-state index contributed by atoms with van der Waals surface area (Å²) in [5, 5.41) is 3.47. The first kappa shape index (κ1) is 15.4. The molecule has 1 N–H and O–H groups in total. The molecule has 2 heteroatoms. The second-order valence-corrected chi connectivity index (χ2v) is 6.80. The fourth-order valence-electron chi connectivity index (χ4n) is 3.03. The molecule has 0 aliphatic heterocycles. The molecule has 1 fully saturated rings. The molecule has 1 aromatic rings. The summed E-state index contributed by atoms with van der Waals surface area (Å²) in [5.41, 5.74) is 1.77. The van der Waals surface area contributed by atoms with Gasteiger partial charge in [0.05, 0.1) is 6.10 Å². The monoisotopic (exact) mass is 275 g/mol. The lowest BCUT2D eigenvalue weighted by molar-refractivity contribution is 0.0975. The van der Waals surface area contributed by atoms with Gasteiger partial charge in [-0.2, -0.15) is 0 Å². The van der Waals surface area contributed by atoms with E-state index in [4.69, 9.17) is 4.74 Å². The molecule has 20 heavy (non-hydrogen) atoms. The minimum absolute atomic E-state index is 0.344. The summed E-state index contributed by atoms with van der Waals surface area (Å²) < 4.78 is 6.31. The highest BCUT2D eigenvalue weighted by Gasteiger charge is 2.28. The van der Waals surface area contributed by atoms with Gasteiger partial charge in [0, 0.05) is 11.6 Å². The Hall–Kier alpha value is -1.02. The fourth-order valence-corrected chi connectivity index (χ4v) is 3.03. The molecule has 1 aliphatic carbocycles. The van der Waals surface area contributed by atoms with Crippen molar-refractivity contribution in [3.8, 4) is 5.75 Å². The van der Waals surface area contributed by atoms with Crippen molar-refractivity contribution in [3.05, 3.63) is 29.8 Å². The van der Waals surface area contributed by atoms with E-state index in [9.17, 15) is 0 Å². The average molecular weight is 275 g/mol. The van der Waals surface area contributed by atoms with Crippen LogP contribution in [0.2, 0.25) is 0 Å². The van der Waals surface area contributed by atoms with Crippen LogP contribution in [0, 0.1) is 5.41 Å². The predicted molar refractivity (Wildman–Crippen MR) is 85.2 cm³/mol. The molecule has 2 rings (SSSR count). The van der Waals surface area contributed by atoms with Crippen molar-refractivity contribution in [2.75, 3.05) is 6.54 Å². The first-order chi connectivity index (χ1) is 9.52. The molecule has 1 aromatic carbocycles. The van der Waals surface area contributed by atoms with Crippen LogP contribution in [-0.2, 0) is 0 Å². The van der Waals surface area contributed by atoms with Gasteiger partial charge in [-0.15, -0.1) is 0 Å². The van der Waals surface area contributed by atoms with E-state index in [1.165, 1.54) is 31.2 Å². The lowest BCUT2D eigenvalue weighted by Gasteiger charge is -2.34. The van der Waals surface area contributed by atoms with E-state index in [-0.39, 0.29) is 0 Å². The smallest absolute Gasteiger partial charge is 0.124 e. The lowest BCUT2D eigenvalue weighted by atomic mass is 9.76. The molecule has 0 radical (unpaired) electrons. The quantitative estimate of drug-likeness (QED) is 0.840. The molecule has 0 amide bonds. The SMILES string of the molecule is CCNC(C)c1ccccc1OC1CCC(C)(C)CC1. The molecule has 1 saturated carbocycles. The number of para-hydroxylation sites is 1. The van der Waals surface area contributed by atoms with Crippen molar-refractivity contribution in [2.24, 2.45) is 5.41 Å². The summed E-state index contributed by atoms with van der Waals surface area (Å²) in [6, 6.07) is 8.80. The Kier molecular flexibility index (Phi) is 5.09. The van der Waals surface area contributed by atoms with Crippen LogP contribution >= 0.6 is 0 Å². The van der Waals surface area contributed by atoms with Crippen molar-refractivity contribution in [3.63, 3.8) is 0 Å². The van der Waals surface area contributed by atoms with E-state index in [1.54, 1.807) is 0 Å². The van der Waals surface area contributed by atoms with E-state index >= 15 is 0 Å². The molecule has 2 nitrogen and oxygen atoms in total. The van der Waals surface area contributed by atoms with Gasteiger partial charge in [0.1, 0.15) is 5.75 Å². The minimum Gasteiger partial charge on any atom is -0.490 e. The van der Waals surface area contributed by atoms with E-state index in [0.717, 1.165) is 12.3 Å². The zero-order valence-electron chi connectivity index (χ0n) is 13.4. The van der Waals surface area contributed by atoms with Gasteiger partial charge in [-0.3, -0.25) is 0 Å². The predicted octanol–water partition coefficient (Wildman–Crippen LogP) is 4.70. The number of ether oxygens (including phenoxy) is 1. The third-order valence-electron chi connectivity index (χ3n) is 4.48. The van der Waals surface area contributed by atoms with Crippen molar-refractivity contribution in [2.45, 2.75) is 65.5 Å². The number of rotatable bonds is 5. The Balaban J connectivity index is 2.02. The maximum atomic E-state index is 6.31. The van der Waals surface area contributed by atoms with Crippen molar-refractivity contribution in [1.29, 1.82) is 0 Å². The van der Waals surface area contributed by atoms with Crippen LogP contribution in [0.3, 0.4) is 0 Å². The molecule has 0 spiro atoms. The molecule has 1 unspecified atom stereocenters. The zero-order chi connectivity index (χ0) is 14.6. The maximum absolute atomic E-state index is 6.31. The topological polar surface area (TPSA) is 21.3 Å². The molecular weight excluding hydrogens is 246 g/mol. The highest BCUT2D eigenvalue weighted by molar-refractivity contribution is 5.35. The Labute approximate surface area is 123 Å². The summed E-state index contributed by atoms with van der Waals surface area (Å²) >= 11 is 0. The normalized spacial score (nSPS) is 20.6. The molecule has 112 valence electrons. The number of hydrogen-bond donors (Lipinski definition) is 1. The van der Waals surface area contributed by atoms with Crippen LogP contribution in [0.5, 0.6) is 5.75 Å². The zero-order valence-corrected chi connectivity index (χ0v) is 13.4. The van der Waals surface area contributed by atoms with Crippen LogP contribution in [0.4, 0.5) is 0 Å². The molecule has 0 aromatic heterocycles. The molecule has 0 saturated heterocycles. The third kappa shape index (κ3) is 3.99. The second kappa shape index (κ2) is 6.62. The van der Waals surface area contributed by atoms with Crippen molar-refractivity contribution >= 4 is 0 Å². The van der Waals surface area contributed by atoms with Crippen molar-refractivity contribution < 1.29 is 4.74 Å². The van der Waals surface area contributed by atoms with E-state index in [2.05, 4.69) is 57.3 Å². The van der Waals surface area contributed by atoms with Gasteiger partial charge < -0.3 is 10.1 Å². The summed E-state index contributed by atoms with van der Waals surface area (Å²) in [5.74, 6) is 1.06. The van der Waals surface area contributed by atoms with Gasteiger partial charge in [0.2, 0.25) is 0 Å². The summed E-state index contributed by atoms with van der Waals surface area (Å²) in [6.45, 7) is 10.1. The van der Waals surface area contributed by atoms with Crippen LogP contribution in [-0.4, -0.2) is 12.6 Å². The van der Waals surface area contributed by atoms with E-state index < -0.39 is 0 Å². The van der Waals surface area contributed by atoms with Crippen LogP contribution < -0.4 is 10.1 Å². The van der Waals surface area contributed by atoms with Crippen LogP contribution in [0.15, 0.2) is 24.3 Å². The molecule has 1 atom stereocenters. The second-order valence-electron chi connectivity index (χ2n) is 6.80. The standard InChI is InChI=1S/C18H29NO/c1-5-19-14(2)16-8-6-7-9-17(16)20-15-10-12-18(3,4)13-11-15/h6-9,14-15,19H,5,10-13H2,1-4H3. The molecule has 0 bridgehead atoms.